The minimum absolute atomic E-state index is 0.188. The number of nitrogens with one attached hydrogen (secondary N) is 1. The molecule has 3 rings (SSSR count). The fourth-order valence-corrected chi connectivity index (χ4v) is 2.95. The lowest BCUT2D eigenvalue weighted by atomic mass is 10.2. The van der Waals surface area contributed by atoms with Crippen molar-refractivity contribution in [3.8, 4) is 0 Å². The van der Waals surface area contributed by atoms with Crippen LogP contribution in [-0.4, -0.2) is 15.3 Å². The first-order valence-corrected chi connectivity index (χ1v) is 8.40. The molecule has 0 fully saturated rings. The second-order valence-corrected chi connectivity index (χ2v) is 6.54. The Morgan fingerprint density at radius 3 is 2.83 bits per heavy atom. The number of amides is 1. The number of rotatable bonds is 3. The average Bonchev–Trinajstić information content (AvgIpc) is 2.88. The van der Waals surface area contributed by atoms with Gasteiger partial charge in [-0.15, -0.1) is 0 Å². The Kier molecular flexibility index (Phi) is 4.41. The molecule has 2 heterocycles. The van der Waals surface area contributed by atoms with Crippen molar-refractivity contribution < 1.29 is 4.79 Å². The van der Waals surface area contributed by atoms with E-state index in [1.54, 1.807) is 22.7 Å². The lowest BCUT2D eigenvalue weighted by Gasteiger charge is -2.08. The fraction of sp³-hybridized carbons (Fsp3) is 0.176. The lowest BCUT2D eigenvalue weighted by molar-refractivity contribution is 0.102. The van der Waals surface area contributed by atoms with Gasteiger partial charge in [-0.3, -0.25) is 9.20 Å². The van der Waals surface area contributed by atoms with Crippen molar-refractivity contribution in [2.75, 3.05) is 5.32 Å². The summed E-state index contributed by atoms with van der Waals surface area (Å²) in [5.74, 6) is -0.188. The molecule has 0 saturated carbocycles. The van der Waals surface area contributed by atoms with Gasteiger partial charge in [0.05, 0.1) is 5.69 Å². The van der Waals surface area contributed by atoms with Crippen LogP contribution in [0.15, 0.2) is 41.0 Å². The van der Waals surface area contributed by atoms with Crippen LogP contribution in [0.2, 0.25) is 5.02 Å². The zero-order chi connectivity index (χ0) is 16.6. The zero-order valence-electron chi connectivity index (χ0n) is 12.7. The van der Waals surface area contributed by atoms with Crippen molar-refractivity contribution in [2.24, 2.45) is 0 Å². The molecular weight excluding hydrogens is 378 g/mol. The smallest absolute Gasteiger partial charge is 0.274 e. The highest BCUT2D eigenvalue weighted by Gasteiger charge is 2.18. The van der Waals surface area contributed by atoms with Gasteiger partial charge < -0.3 is 5.32 Å². The number of carbonyl (C=O) groups is 1. The van der Waals surface area contributed by atoms with E-state index in [1.165, 1.54) is 0 Å². The number of carbonyl (C=O) groups excluding carboxylic acids is 1. The molecule has 0 saturated heterocycles. The Morgan fingerprint density at radius 1 is 1.35 bits per heavy atom. The van der Waals surface area contributed by atoms with Crippen LogP contribution in [0.3, 0.4) is 0 Å². The SMILES string of the molecule is CCc1nc2cc(Cl)ccn2c1C(=O)Nc1ccc(C)c(Br)c1. The number of anilines is 1. The Hall–Kier alpha value is -1.85. The number of aryl methyl sites for hydroxylation is 2. The fourth-order valence-electron chi connectivity index (χ4n) is 2.42. The number of nitrogens with zero attached hydrogens (tertiary/aromatic N) is 2. The second kappa shape index (κ2) is 6.34. The number of fused-ring (bicyclic) bond motifs is 1. The summed E-state index contributed by atoms with van der Waals surface area (Å²) in [4.78, 5) is 17.2. The second-order valence-electron chi connectivity index (χ2n) is 5.25. The van der Waals surface area contributed by atoms with E-state index in [0.29, 0.717) is 22.8 Å². The van der Waals surface area contributed by atoms with Gasteiger partial charge in [-0.25, -0.2) is 4.98 Å². The number of halogens is 2. The van der Waals surface area contributed by atoms with Crippen LogP contribution in [0.4, 0.5) is 5.69 Å². The van der Waals surface area contributed by atoms with Gasteiger partial charge in [0.2, 0.25) is 0 Å². The number of imidazole rings is 1. The van der Waals surface area contributed by atoms with E-state index in [4.69, 9.17) is 11.6 Å². The van der Waals surface area contributed by atoms with Crippen LogP contribution >= 0.6 is 27.5 Å². The highest BCUT2D eigenvalue weighted by Crippen LogP contribution is 2.22. The lowest BCUT2D eigenvalue weighted by Crippen LogP contribution is -2.16. The van der Waals surface area contributed by atoms with Crippen molar-refractivity contribution >= 4 is 44.8 Å². The van der Waals surface area contributed by atoms with Crippen molar-refractivity contribution in [2.45, 2.75) is 20.3 Å². The summed E-state index contributed by atoms with van der Waals surface area (Å²) in [5, 5.41) is 3.53. The number of hydrogen-bond acceptors (Lipinski definition) is 2. The molecule has 0 aliphatic carbocycles. The standard InChI is InChI=1S/C17H15BrClN3O/c1-3-14-16(22-7-6-11(19)8-15(22)21-14)17(23)20-12-5-4-10(2)13(18)9-12/h4-9H,3H2,1-2H3,(H,20,23). The van der Waals surface area contributed by atoms with E-state index in [9.17, 15) is 4.79 Å². The third-order valence-electron chi connectivity index (χ3n) is 3.64. The van der Waals surface area contributed by atoms with Crippen molar-refractivity contribution in [1.29, 1.82) is 0 Å². The summed E-state index contributed by atoms with van der Waals surface area (Å²) in [6, 6.07) is 9.21. The van der Waals surface area contributed by atoms with Crippen LogP contribution < -0.4 is 5.32 Å². The summed E-state index contributed by atoms with van der Waals surface area (Å²) in [6.07, 6.45) is 2.43. The molecule has 1 N–H and O–H groups in total. The van der Waals surface area contributed by atoms with Gasteiger partial charge in [-0.2, -0.15) is 0 Å². The predicted molar refractivity (Wildman–Crippen MR) is 96.4 cm³/mol. The molecule has 0 bridgehead atoms. The van der Waals surface area contributed by atoms with Crippen molar-refractivity contribution in [1.82, 2.24) is 9.38 Å². The van der Waals surface area contributed by atoms with E-state index in [1.807, 2.05) is 32.0 Å². The molecule has 4 nitrogen and oxygen atoms in total. The molecule has 118 valence electrons. The van der Waals surface area contributed by atoms with Gasteiger partial charge >= 0.3 is 0 Å². The molecule has 0 atom stereocenters. The largest absolute Gasteiger partial charge is 0.321 e. The van der Waals surface area contributed by atoms with E-state index in [0.717, 1.165) is 21.4 Å². The number of benzene rings is 1. The first-order chi connectivity index (χ1) is 11.0. The van der Waals surface area contributed by atoms with Crippen LogP contribution in [0.1, 0.15) is 28.7 Å². The molecule has 2 aromatic heterocycles. The van der Waals surface area contributed by atoms with Crippen molar-refractivity contribution in [3.63, 3.8) is 0 Å². The van der Waals surface area contributed by atoms with Crippen LogP contribution in [0.5, 0.6) is 0 Å². The number of hydrogen-bond donors (Lipinski definition) is 1. The summed E-state index contributed by atoms with van der Waals surface area (Å²) in [5.41, 5.74) is 3.80. The first kappa shape index (κ1) is 16.0. The third kappa shape index (κ3) is 3.12. The highest BCUT2D eigenvalue weighted by molar-refractivity contribution is 9.10. The quantitative estimate of drug-likeness (QED) is 0.691. The first-order valence-electron chi connectivity index (χ1n) is 7.23. The molecular formula is C17H15BrClN3O. The summed E-state index contributed by atoms with van der Waals surface area (Å²) < 4.78 is 2.72. The number of pyridine rings is 1. The minimum Gasteiger partial charge on any atom is -0.321 e. The zero-order valence-corrected chi connectivity index (χ0v) is 15.1. The van der Waals surface area contributed by atoms with Gasteiger partial charge in [0.25, 0.3) is 5.91 Å². The van der Waals surface area contributed by atoms with E-state index >= 15 is 0 Å². The molecule has 0 aliphatic rings. The van der Waals surface area contributed by atoms with Crippen LogP contribution in [-0.2, 0) is 6.42 Å². The Balaban J connectivity index is 2.01. The molecule has 0 aliphatic heterocycles. The molecule has 3 aromatic rings. The Bertz CT molecular complexity index is 904. The van der Waals surface area contributed by atoms with Crippen LogP contribution in [0.25, 0.3) is 5.65 Å². The molecule has 0 radical (unpaired) electrons. The van der Waals surface area contributed by atoms with E-state index < -0.39 is 0 Å². The maximum Gasteiger partial charge on any atom is 0.274 e. The average molecular weight is 393 g/mol. The summed E-state index contributed by atoms with van der Waals surface area (Å²) >= 11 is 9.48. The van der Waals surface area contributed by atoms with E-state index in [2.05, 4.69) is 26.2 Å². The molecule has 0 spiro atoms. The third-order valence-corrected chi connectivity index (χ3v) is 4.73. The van der Waals surface area contributed by atoms with E-state index in [-0.39, 0.29) is 5.91 Å². The predicted octanol–water partition coefficient (Wildman–Crippen LogP) is 4.87. The van der Waals surface area contributed by atoms with Gasteiger partial charge in [-0.05, 0) is 37.1 Å². The Labute approximate surface area is 147 Å². The van der Waals surface area contributed by atoms with Gasteiger partial charge in [0.15, 0.2) is 0 Å². The molecule has 1 aromatic carbocycles. The topological polar surface area (TPSA) is 46.4 Å². The molecule has 0 unspecified atom stereocenters. The monoisotopic (exact) mass is 391 g/mol. The summed E-state index contributed by atoms with van der Waals surface area (Å²) in [7, 11) is 0. The minimum atomic E-state index is -0.188. The highest BCUT2D eigenvalue weighted by atomic mass is 79.9. The molecule has 1 amide bonds. The van der Waals surface area contributed by atoms with Crippen molar-refractivity contribution in [3.05, 3.63) is 63.0 Å². The number of aromatic nitrogens is 2. The van der Waals surface area contributed by atoms with Gasteiger partial charge in [0.1, 0.15) is 11.3 Å². The van der Waals surface area contributed by atoms with Gasteiger partial charge in [-0.1, -0.05) is 40.5 Å². The molecule has 6 heteroatoms. The maximum absolute atomic E-state index is 12.7. The van der Waals surface area contributed by atoms with Crippen LogP contribution in [0, 0.1) is 6.92 Å². The van der Waals surface area contributed by atoms with Gasteiger partial charge in [0, 0.05) is 27.4 Å². The summed E-state index contributed by atoms with van der Waals surface area (Å²) in [6.45, 7) is 3.97. The maximum atomic E-state index is 12.7. The Morgan fingerprint density at radius 2 is 2.13 bits per heavy atom. The molecule has 23 heavy (non-hydrogen) atoms. The normalized spacial score (nSPS) is 11.0.